The molecule has 0 saturated carbocycles. The predicted octanol–water partition coefficient (Wildman–Crippen LogP) is 1.75. The molecule has 1 aromatic carbocycles. The van der Waals surface area contributed by atoms with Crippen molar-refractivity contribution in [2.24, 2.45) is 5.73 Å². The molecule has 0 atom stereocenters. The summed E-state index contributed by atoms with van der Waals surface area (Å²) in [6, 6.07) is 10.3. The fourth-order valence-corrected chi connectivity index (χ4v) is 1.75. The molecule has 0 aliphatic rings. The van der Waals surface area contributed by atoms with Gasteiger partial charge in [-0.05, 0) is 48.4 Å². The van der Waals surface area contributed by atoms with Gasteiger partial charge in [-0.3, -0.25) is 14.6 Å². The van der Waals surface area contributed by atoms with E-state index in [0.29, 0.717) is 24.1 Å². The SMILES string of the molecule is NC(=O)c1ccc(NC(=O)CCc2ccncc2)cc1. The number of rotatable bonds is 5. The summed E-state index contributed by atoms with van der Waals surface area (Å²) in [4.78, 5) is 26.6. The number of nitrogens with one attached hydrogen (secondary N) is 1. The molecule has 0 fully saturated rings. The molecule has 0 aliphatic carbocycles. The third kappa shape index (κ3) is 3.91. The molecule has 1 heterocycles. The van der Waals surface area contributed by atoms with Crippen LogP contribution in [-0.4, -0.2) is 16.8 Å². The minimum absolute atomic E-state index is 0.0753. The molecule has 3 N–H and O–H groups in total. The first kappa shape index (κ1) is 13.7. The highest BCUT2D eigenvalue weighted by atomic mass is 16.1. The van der Waals surface area contributed by atoms with Crippen molar-refractivity contribution >= 4 is 17.5 Å². The summed E-state index contributed by atoms with van der Waals surface area (Å²) in [6.07, 6.45) is 4.46. The van der Waals surface area contributed by atoms with E-state index in [0.717, 1.165) is 5.56 Å². The molecule has 2 amide bonds. The average molecular weight is 269 g/mol. The number of primary amides is 1. The largest absolute Gasteiger partial charge is 0.366 e. The van der Waals surface area contributed by atoms with Gasteiger partial charge in [-0.2, -0.15) is 0 Å². The molecule has 102 valence electrons. The number of hydrogen-bond acceptors (Lipinski definition) is 3. The van der Waals surface area contributed by atoms with Crippen LogP contribution in [0.1, 0.15) is 22.3 Å². The predicted molar refractivity (Wildman–Crippen MR) is 76.1 cm³/mol. The maximum atomic E-state index is 11.8. The number of nitrogens with two attached hydrogens (primary N) is 1. The highest BCUT2D eigenvalue weighted by molar-refractivity contribution is 5.94. The molecular weight excluding hydrogens is 254 g/mol. The van der Waals surface area contributed by atoms with E-state index in [4.69, 9.17) is 5.73 Å². The van der Waals surface area contributed by atoms with Gasteiger partial charge < -0.3 is 11.1 Å². The van der Waals surface area contributed by atoms with Crippen LogP contribution in [0.25, 0.3) is 0 Å². The van der Waals surface area contributed by atoms with Crippen molar-refractivity contribution in [1.29, 1.82) is 0 Å². The molecule has 20 heavy (non-hydrogen) atoms. The number of nitrogens with zero attached hydrogens (tertiary/aromatic N) is 1. The second-order valence-corrected chi connectivity index (χ2v) is 4.35. The second-order valence-electron chi connectivity index (χ2n) is 4.35. The van der Waals surface area contributed by atoms with Gasteiger partial charge in [0.1, 0.15) is 0 Å². The van der Waals surface area contributed by atoms with Crippen molar-refractivity contribution in [1.82, 2.24) is 4.98 Å². The molecular formula is C15H15N3O2. The lowest BCUT2D eigenvalue weighted by Crippen LogP contribution is -2.13. The van der Waals surface area contributed by atoms with Gasteiger partial charge in [0.2, 0.25) is 11.8 Å². The van der Waals surface area contributed by atoms with Gasteiger partial charge in [0.05, 0.1) is 0 Å². The fraction of sp³-hybridized carbons (Fsp3) is 0.133. The standard InChI is InChI=1S/C15H15N3O2/c16-15(20)12-2-4-13(5-3-12)18-14(19)6-1-11-7-9-17-10-8-11/h2-5,7-10H,1,6H2,(H2,16,20)(H,18,19). The number of amides is 2. The number of benzene rings is 1. The maximum Gasteiger partial charge on any atom is 0.248 e. The number of pyridine rings is 1. The fourth-order valence-electron chi connectivity index (χ4n) is 1.75. The van der Waals surface area contributed by atoms with Crippen LogP contribution in [0.5, 0.6) is 0 Å². The summed E-state index contributed by atoms with van der Waals surface area (Å²) in [5.41, 5.74) is 7.28. The van der Waals surface area contributed by atoms with Crippen LogP contribution in [0, 0.1) is 0 Å². The Labute approximate surface area is 116 Å². The van der Waals surface area contributed by atoms with E-state index in [1.54, 1.807) is 36.7 Å². The molecule has 2 aromatic rings. The third-order valence-corrected chi connectivity index (χ3v) is 2.84. The van der Waals surface area contributed by atoms with E-state index in [-0.39, 0.29) is 5.91 Å². The van der Waals surface area contributed by atoms with Gasteiger partial charge in [0, 0.05) is 30.1 Å². The van der Waals surface area contributed by atoms with E-state index in [2.05, 4.69) is 10.3 Å². The molecule has 1 aromatic heterocycles. The zero-order valence-corrected chi connectivity index (χ0v) is 10.9. The van der Waals surface area contributed by atoms with E-state index < -0.39 is 5.91 Å². The Kier molecular flexibility index (Phi) is 4.44. The summed E-state index contributed by atoms with van der Waals surface area (Å²) < 4.78 is 0. The Morgan fingerprint density at radius 3 is 2.30 bits per heavy atom. The maximum absolute atomic E-state index is 11.8. The van der Waals surface area contributed by atoms with Crippen LogP contribution < -0.4 is 11.1 Å². The number of aryl methyl sites for hydroxylation is 1. The number of aromatic nitrogens is 1. The zero-order valence-electron chi connectivity index (χ0n) is 10.9. The van der Waals surface area contributed by atoms with Crippen molar-refractivity contribution in [3.8, 4) is 0 Å². The van der Waals surface area contributed by atoms with E-state index in [1.165, 1.54) is 0 Å². The van der Waals surface area contributed by atoms with Crippen LogP contribution in [0.15, 0.2) is 48.8 Å². The van der Waals surface area contributed by atoms with Crippen molar-refractivity contribution in [2.75, 3.05) is 5.32 Å². The lowest BCUT2D eigenvalue weighted by Gasteiger charge is -2.05. The number of carbonyl (C=O) groups is 2. The summed E-state index contributed by atoms with van der Waals surface area (Å²) in [5, 5.41) is 2.77. The van der Waals surface area contributed by atoms with Gasteiger partial charge >= 0.3 is 0 Å². The van der Waals surface area contributed by atoms with E-state index in [9.17, 15) is 9.59 Å². The topological polar surface area (TPSA) is 85.1 Å². The summed E-state index contributed by atoms with van der Waals surface area (Å²) in [6.45, 7) is 0. The van der Waals surface area contributed by atoms with Crippen molar-refractivity contribution in [3.05, 3.63) is 59.9 Å². The Hall–Kier alpha value is -2.69. The molecule has 0 aliphatic heterocycles. The summed E-state index contributed by atoms with van der Waals surface area (Å²) in [7, 11) is 0. The average Bonchev–Trinajstić information content (AvgIpc) is 2.47. The van der Waals surface area contributed by atoms with E-state index >= 15 is 0 Å². The molecule has 0 bridgehead atoms. The molecule has 5 nitrogen and oxygen atoms in total. The first-order valence-electron chi connectivity index (χ1n) is 6.24. The minimum Gasteiger partial charge on any atom is -0.366 e. The van der Waals surface area contributed by atoms with Crippen LogP contribution in [0.3, 0.4) is 0 Å². The van der Waals surface area contributed by atoms with Gasteiger partial charge in [-0.25, -0.2) is 0 Å². The monoisotopic (exact) mass is 269 g/mol. The zero-order chi connectivity index (χ0) is 14.4. The smallest absolute Gasteiger partial charge is 0.248 e. The van der Waals surface area contributed by atoms with Crippen LogP contribution >= 0.6 is 0 Å². The van der Waals surface area contributed by atoms with Gasteiger partial charge in [0.15, 0.2) is 0 Å². The van der Waals surface area contributed by atoms with Crippen molar-refractivity contribution in [2.45, 2.75) is 12.8 Å². The summed E-state index contributed by atoms with van der Waals surface area (Å²) >= 11 is 0. The molecule has 0 spiro atoms. The van der Waals surface area contributed by atoms with Gasteiger partial charge in [0.25, 0.3) is 0 Å². The van der Waals surface area contributed by atoms with Crippen molar-refractivity contribution < 1.29 is 9.59 Å². The highest BCUT2D eigenvalue weighted by Gasteiger charge is 2.04. The minimum atomic E-state index is -0.486. The normalized spacial score (nSPS) is 10.0. The van der Waals surface area contributed by atoms with Crippen LogP contribution in [0.2, 0.25) is 0 Å². The Balaban J connectivity index is 1.86. The molecule has 0 unspecified atom stereocenters. The quantitative estimate of drug-likeness (QED) is 0.867. The van der Waals surface area contributed by atoms with Gasteiger partial charge in [-0.15, -0.1) is 0 Å². The lowest BCUT2D eigenvalue weighted by molar-refractivity contribution is -0.116. The highest BCUT2D eigenvalue weighted by Crippen LogP contribution is 2.10. The molecule has 0 saturated heterocycles. The summed E-state index contributed by atoms with van der Waals surface area (Å²) in [5.74, 6) is -0.561. The second kappa shape index (κ2) is 6.47. The Morgan fingerprint density at radius 2 is 1.70 bits per heavy atom. The lowest BCUT2D eigenvalue weighted by atomic mass is 10.1. The molecule has 2 rings (SSSR count). The first-order valence-corrected chi connectivity index (χ1v) is 6.24. The van der Waals surface area contributed by atoms with Gasteiger partial charge in [-0.1, -0.05) is 0 Å². The number of anilines is 1. The first-order chi connectivity index (χ1) is 9.65. The third-order valence-electron chi connectivity index (χ3n) is 2.84. The Morgan fingerprint density at radius 1 is 1.05 bits per heavy atom. The van der Waals surface area contributed by atoms with Crippen LogP contribution in [0.4, 0.5) is 5.69 Å². The Bertz CT molecular complexity index is 594. The molecule has 0 radical (unpaired) electrons. The van der Waals surface area contributed by atoms with E-state index in [1.807, 2.05) is 12.1 Å². The molecule has 5 heteroatoms. The number of carbonyl (C=O) groups excluding carboxylic acids is 2. The number of hydrogen-bond donors (Lipinski definition) is 2. The van der Waals surface area contributed by atoms with Crippen LogP contribution in [-0.2, 0) is 11.2 Å². The van der Waals surface area contributed by atoms with Crippen molar-refractivity contribution in [3.63, 3.8) is 0 Å².